The molecule has 4 nitrogen and oxygen atoms in total. The molecule has 1 saturated heterocycles. The first-order chi connectivity index (χ1) is 7.86. The van der Waals surface area contributed by atoms with Gasteiger partial charge in [-0.25, -0.2) is 4.99 Å². The minimum atomic E-state index is -0.101. The van der Waals surface area contributed by atoms with E-state index < -0.39 is 0 Å². The second-order valence-corrected chi connectivity index (χ2v) is 4.44. The van der Waals surface area contributed by atoms with E-state index in [1.165, 1.54) is 0 Å². The Hall–Kier alpha value is -1.29. The van der Waals surface area contributed by atoms with E-state index in [0.29, 0.717) is 12.3 Å². The molecule has 0 N–H and O–H groups in total. The van der Waals surface area contributed by atoms with Crippen LogP contribution < -0.4 is 0 Å². The van der Waals surface area contributed by atoms with Crippen molar-refractivity contribution in [3.63, 3.8) is 0 Å². The topological polar surface area (TPSA) is 51.0 Å². The van der Waals surface area contributed by atoms with Gasteiger partial charge in [-0.1, -0.05) is 0 Å². The minimum Gasteiger partial charge on any atom is -0.381 e. The lowest BCUT2D eigenvalue weighted by molar-refractivity contribution is -0.114. The zero-order chi connectivity index (χ0) is 11.0. The van der Waals surface area contributed by atoms with Crippen molar-refractivity contribution < 1.29 is 9.53 Å². The monoisotopic (exact) mass is 218 g/mol. The summed E-state index contributed by atoms with van der Waals surface area (Å²) in [6.07, 6.45) is 6.35. The van der Waals surface area contributed by atoms with Crippen LogP contribution in [0.25, 0.3) is 0 Å². The Labute approximate surface area is 94.1 Å². The van der Waals surface area contributed by atoms with Crippen LogP contribution in [0.2, 0.25) is 0 Å². The van der Waals surface area contributed by atoms with Crippen molar-refractivity contribution >= 4 is 18.3 Å². The fourth-order valence-electron chi connectivity index (χ4n) is 2.62. The number of rotatable bonds is 1. The van der Waals surface area contributed by atoms with E-state index in [-0.39, 0.29) is 11.8 Å². The maximum atomic E-state index is 11.5. The molecule has 3 heterocycles. The van der Waals surface area contributed by atoms with E-state index in [1.807, 2.05) is 6.21 Å². The lowest BCUT2D eigenvalue weighted by atomic mass is 9.82. The molecule has 3 rings (SSSR count). The van der Waals surface area contributed by atoms with Crippen molar-refractivity contribution in [3.05, 3.63) is 11.3 Å². The lowest BCUT2D eigenvalue weighted by Crippen LogP contribution is -2.28. The number of carbonyl (C=O) groups excluding carboxylic acids is 1. The van der Waals surface area contributed by atoms with Crippen LogP contribution in [0.1, 0.15) is 19.3 Å². The van der Waals surface area contributed by atoms with Crippen molar-refractivity contribution in [1.82, 2.24) is 0 Å². The van der Waals surface area contributed by atoms with Crippen LogP contribution in [0, 0.1) is 11.8 Å². The van der Waals surface area contributed by atoms with E-state index in [1.54, 1.807) is 6.21 Å². The second-order valence-electron chi connectivity index (χ2n) is 4.44. The zero-order valence-electron chi connectivity index (χ0n) is 9.06. The summed E-state index contributed by atoms with van der Waals surface area (Å²) in [5.74, 6) is 0.664. The Kier molecular flexibility index (Phi) is 2.44. The Morgan fingerprint density at radius 2 is 2.06 bits per heavy atom. The van der Waals surface area contributed by atoms with E-state index >= 15 is 0 Å². The van der Waals surface area contributed by atoms with Crippen LogP contribution in [0.5, 0.6) is 0 Å². The van der Waals surface area contributed by atoms with Gasteiger partial charge >= 0.3 is 0 Å². The molecule has 1 atom stereocenters. The van der Waals surface area contributed by atoms with Crippen LogP contribution >= 0.6 is 0 Å². The van der Waals surface area contributed by atoms with E-state index in [0.717, 1.165) is 37.3 Å². The predicted octanol–water partition coefficient (Wildman–Crippen LogP) is 1.37. The summed E-state index contributed by atoms with van der Waals surface area (Å²) < 4.78 is 5.36. The molecule has 0 bridgehead atoms. The van der Waals surface area contributed by atoms with Crippen LogP contribution in [-0.2, 0) is 9.53 Å². The van der Waals surface area contributed by atoms with Crippen molar-refractivity contribution in [1.29, 1.82) is 0 Å². The highest BCUT2D eigenvalue weighted by Gasteiger charge is 2.33. The molecule has 1 fully saturated rings. The highest BCUT2D eigenvalue weighted by molar-refractivity contribution is 6.06. The molecule has 4 heteroatoms. The molecule has 0 aromatic heterocycles. The van der Waals surface area contributed by atoms with Crippen molar-refractivity contribution in [2.75, 3.05) is 13.2 Å². The molecule has 0 aromatic rings. The predicted molar refractivity (Wildman–Crippen MR) is 60.7 cm³/mol. The number of allylic oxidation sites excluding steroid dienone is 1. The van der Waals surface area contributed by atoms with Gasteiger partial charge in [-0.3, -0.25) is 9.79 Å². The van der Waals surface area contributed by atoms with Crippen molar-refractivity contribution in [2.24, 2.45) is 21.8 Å². The quantitative estimate of drug-likeness (QED) is 0.667. The fourth-order valence-corrected chi connectivity index (χ4v) is 2.62. The molecule has 0 aromatic carbocycles. The summed E-state index contributed by atoms with van der Waals surface area (Å²) in [5.41, 5.74) is 1.77. The molecule has 3 aliphatic rings. The first kappa shape index (κ1) is 9.90. The maximum absolute atomic E-state index is 11.5. The van der Waals surface area contributed by atoms with Gasteiger partial charge in [-0.05, 0) is 18.8 Å². The molecular weight excluding hydrogens is 204 g/mol. The summed E-state index contributed by atoms with van der Waals surface area (Å²) in [5, 5.41) is 0. The van der Waals surface area contributed by atoms with Crippen LogP contribution in [0.3, 0.4) is 0 Å². The second kappa shape index (κ2) is 3.94. The lowest BCUT2D eigenvalue weighted by Gasteiger charge is -2.29. The average molecular weight is 218 g/mol. The molecular formula is C12H14N2O2. The largest absolute Gasteiger partial charge is 0.381 e. The van der Waals surface area contributed by atoms with Crippen LogP contribution in [0.15, 0.2) is 21.3 Å². The number of hydrogen-bond donors (Lipinski definition) is 0. The van der Waals surface area contributed by atoms with Gasteiger partial charge in [0.2, 0.25) is 0 Å². The van der Waals surface area contributed by atoms with E-state index in [2.05, 4.69) is 9.98 Å². The SMILES string of the molecule is O=C1N=CC(C2CCOCC2)C2=C1CC=N2. The third kappa shape index (κ3) is 1.53. The molecule has 0 saturated carbocycles. The van der Waals surface area contributed by atoms with E-state index in [9.17, 15) is 4.79 Å². The molecule has 16 heavy (non-hydrogen) atoms. The third-order valence-corrected chi connectivity index (χ3v) is 3.54. The van der Waals surface area contributed by atoms with Crippen LogP contribution in [-0.4, -0.2) is 31.6 Å². The third-order valence-electron chi connectivity index (χ3n) is 3.54. The Morgan fingerprint density at radius 1 is 1.25 bits per heavy atom. The summed E-state index contributed by atoms with van der Waals surface area (Å²) in [6, 6.07) is 0. The highest BCUT2D eigenvalue weighted by atomic mass is 16.5. The maximum Gasteiger partial charge on any atom is 0.274 e. The van der Waals surface area contributed by atoms with Gasteiger partial charge in [-0.2, -0.15) is 0 Å². The Balaban J connectivity index is 1.87. The normalized spacial score (nSPS) is 30.0. The highest BCUT2D eigenvalue weighted by Crippen LogP contribution is 2.35. The molecule has 1 amide bonds. The molecule has 0 radical (unpaired) electrons. The first-order valence-corrected chi connectivity index (χ1v) is 5.78. The van der Waals surface area contributed by atoms with E-state index in [4.69, 9.17) is 4.74 Å². The van der Waals surface area contributed by atoms with Crippen molar-refractivity contribution in [2.45, 2.75) is 19.3 Å². The number of ether oxygens (including phenoxy) is 1. The van der Waals surface area contributed by atoms with Gasteiger partial charge in [0.05, 0.1) is 5.70 Å². The fraction of sp³-hybridized carbons (Fsp3) is 0.583. The smallest absolute Gasteiger partial charge is 0.274 e. The minimum absolute atomic E-state index is 0.101. The van der Waals surface area contributed by atoms with Gasteiger partial charge in [0, 0.05) is 43.6 Å². The van der Waals surface area contributed by atoms with Gasteiger partial charge in [0.15, 0.2) is 0 Å². The number of dihydropyridines is 1. The van der Waals surface area contributed by atoms with Gasteiger partial charge in [0.1, 0.15) is 0 Å². The molecule has 84 valence electrons. The molecule has 0 spiro atoms. The molecule has 1 unspecified atom stereocenters. The summed E-state index contributed by atoms with van der Waals surface area (Å²) >= 11 is 0. The van der Waals surface area contributed by atoms with Gasteiger partial charge in [0.25, 0.3) is 5.91 Å². The molecule has 0 aliphatic carbocycles. The first-order valence-electron chi connectivity index (χ1n) is 5.78. The number of nitrogens with zero attached hydrogens (tertiary/aromatic N) is 2. The van der Waals surface area contributed by atoms with Crippen LogP contribution in [0.4, 0.5) is 0 Å². The standard InChI is InChI=1S/C12H14N2O2/c15-12-9-1-4-13-11(9)10(7-14-12)8-2-5-16-6-3-8/h4,7-8,10H,1-3,5-6H2. The van der Waals surface area contributed by atoms with Gasteiger partial charge < -0.3 is 4.74 Å². The van der Waals surface area contributed by atoms with Crippen molar-refractivity contribution in [3.8, 4) is 0 Å². The van der Waals surface area contributed by atoms with Gasteiger partial charge in [-0.15, -0.1) is 0 Å². The summed E-state index contributed by atoms with van der Waals surface area (Å²) in [4.78, 5) is 19.9. The Morgan fingerprint density at radius 3 is 2.88 bits per heavy atom. The number of hydrogen-bond acceptors (Lipinski definition) is 3. The zero-order valence-corrected chi connectivity index (χ0v) is 9.06. The molecule has 3 aliphatic heterocycles. The average Bonchev–Trinajstić information content (AvgIpc) is 2.81. The number of carbonyl (C=O) groups is 1. The number of aliphatic imine (C=N–C) groups is 2. The number of amides is 1. The summed E-state index contributed by atoms with van der Waals surface area (Å²) in [6.45, 7) is 1.63. The Bertz CT molecular complexity index is 403. The summed E-state index contributed by atoms with van der Waals surface area (Å²) in [7, 11) is 0.